The van der Waals surface area contributed by atoms with Gasteiger partial charge in [0.05, 0.1) is 11.6 Å². The summed E-state index contributed by atoms with van der Waals surface area (Å²) in [5, 5.41) is 11.6. The molecule has 0 spiro atoms. The molecule has 2 aromatic carbocycles. The predicted molar refractivity (Wildman–Crippen MR) is 131 cm³/mol. The quantitative estimate of drug-likeness (QED) is 0.384. The van der Waals surface area contributed by atoms with Crippen LogP contribution in [0.1, 0.15) is 42.4 Å². The zero-order valence-corrected chi connectivity index (χ0v) is 20.3. The maximum Gasteiger partial charge on any atom is 0.290 e. The molecular weight excluding hydrogens is 484 g/mol. The lowest BCUT2D eigenvalue weighted by Gasteiger charge is -2.28. The highest BCUT2D eigenvalue weighted by atomic mass is 79.9. The molecule has 1 N–H and O–H groups in total. The molecule has 0 aliphatic carbocycles. The number of Topliss-reactive ketones (excluding diaryl/α,β-unsaturated/α-hetero) is 1. The van der Waals surface area contributed by atoms with Crippen molar-refractivity contribution in [2.75, 3.05) is 26.2 Å². The summed E-state index contributed by atoms with van der Waals surface area (Å²) >= 11 is 3.44. The van der Waals surface area contributed by atoms with Gasteiger partial charge in [-0.1, -0.05) is 60.1 Å². The maximum atomic E-state index is 13.5. The van der Waals surface area contributed by atoms with Crippen molar-refractivity contribution in [1.29, 1.82) is 0 Å². The first-order valence-electron chi connectivity index (χ1n) is 11.2. The number of aliphatic hydroxyl groups is 1. The number of ketones is 1. The second-order valence-electron chi connectivity index (χ2n) is 8.07. The number of furan rings is 1. The second-order valence-corrected chi connectivity index (χ2v) is 8.99. The Kier molecular flexibility index (Phi) is 7.00. The zero-order valence-electron chi connectivity index (χ0n) is 18.8. The van der Waals surface area contributed by atoms with Crippen molar-refractivity contribution in [2.24, 2.45) is 0 Å². The van der Waals surface area contributed by atoms with Crippen molar-refractivity contribution in [1.82, 2.24) is 9.80 Å². The minimum Gasteiger partial charge on any atom is -0.503 e. The van der Waals surface area contributed by atoms with Crippen LogP contribution in [0.15, 0.2) is 74.8 Å². The van der Waals surface area contributed by atoms with E-state index in [0.717, 1.165) is 41.5 Å². The minimum absolute atomic E-state index is 0.0595. The van der Waals surface area contributed by atoms with E-state index >= 15 is 0 Å². The first-order valence-corrected chi connectivity index (χ1v) is 12.0. The van der Waals surface area contributed by atoms with E-state index in [9.17, 15) is 14.7 Å². The topological polar surface area (TPSA) is 74.0 Å². The van der Waals surface area contributed by atoms with E-state index in [1.165, 1.54) is 0 Å². The fourth-order valence-corrected chi connectivity index (χ4v) is 4.60. The number of hydrogen-bond donors (Lipinski definition) is 1. The Morgan fingerprint density at radius 3 is 2.48 bits per heavy atom. The largest absolute Gasteiger partial charge is 0.503 e. The van der Waals surface area contributed by atoms with E-state index in [1.54, 1.807) is 17.0 Å². The molecule has 0 unspecified atom stereocenters. The van der Waals surface area contributed by atoms with Crippen molar-refractivity contribution in [2.45, 2.75) is 26.3 Å². The summed E-state index contributed by atoms with van der Waals surface area (Å²) in [6.07, 6.45) is 0.736. The Morgan fingerprint density at radius 2 is 1.82 bits per heavy atom. The summed E-state index contributed by atoms with van der Waals surface area (Å²) in [5.74, 6) is -1.40. The van der Waals surface area contributed by atoms with Gasteiger partial charge in [-0.2, -0.15) is 0 Å². The molecule has 1 aromatic heterocycles. The van der Waals surface area contributed by atoms with Gasteiger partial charge in [-0.25, -0.2) is 0 Å². The number of para-hydroxylation sites is 1. The van der Waals surface area contributed by atoms with Crippen LogP contribution < -0.4 is 0 Å². The van der Waals surface area contributed by atoms with Gasteiger partial charge in [0.15, 0.2) is 11.5 Å². The number of nitrogens with zero attached hydrogens (tertiary/aromatic N) is 2. The van der Waals surface area contributed by atoms with Gasteiger partial charge in [-0.05, 0) is 55.9 Å². The molecule has 6 nitrogen and oxygen atoms in total. The van der Waals surface area contributed by atoms with E-state index in [0.29, 0.717) is 12.1 Å². The molecule has 1 atom stereocenters. The number of hydrogen-bond acceptors (Lipinski definition) is 5. The van der Waals surface area contributed by atoms with Gasteiger partial charge in [0, 0.05) is 16.4 Å². The van der Waals surface area contributed by atoms with Crippen LogP contribution in [0.25, 0.3) is 11.0 Å². The van der Waals surface area contributed by atoms with Crippen LogP contribution in [0.2, 0.25) is 0 Å². The lowest BCUT2D eigenvalue weighted by Crippen LogP contribution is -2.34. The summed E-state index contributed by atoms with van der Waals surface area (Å²) in [6, 6.07) is 15.8. The summed E-state index contributed by atoms with van der Waals surface area (Å²) in [5.41, 5.74) is 1.41. The molecule has 1 aliphatic rings. The highest BCUT2D eigenvalue weighted by Gasteiger charge is 2.44. The molecule has 33 heavy (non-hydrogen) atoms. The van der Waals surface area contributed by atoms with Gasteiger partial charge in [0.2, 0.25) is 5.78 Å². The fourth-order valence-electron chi connectivity index (χ4n) is 4.34. The molecule has 172 valence electrons. The van der Waals surface area contributed by atoms with Crippen molar-refractivity contribution in [3.63, 3.8) is 0 Å². The van der Waals surface area contributed by atoms with Crippen molar-refractivity contribution >= 4 is 38.6 Å². The van der Waals surface area contributed by atoms with E-state index in [4.69, 9.17) is 4.42 Å². The van der Waals surface area contributed by atoms with Crippen LogP contribution in [0.4, 0.5) is 0 Å². The Balaban J connectivity index is 1.69. The third-order valence-corrected chi connectivity index (χ3v) is 6.68. The zero-order chi connectivity index (χ0) is 23.5. The Labute approximate surface area is 201 Å². The Hall–Kier alpha value is -2.90. The van der Waals surface area contributed by atoms with Gasteiger partial charge in [0.1, 0.15) is 5.58 Å². The van der Waals surface area contributed by atoms with E-state index in [-0.39, 0.29) is 11.3 Å². The van der Waals surface area contributed by atoms with Crippen LogP contribution in [-0.2, 0) is 4.79 Å². The first-order chi connectivity index (χ1) is 15.9. The summed E-state index contributed by atoms with van der Waals surface area (Å²) in [7, 11) is 0. The monoisotopic (exact) mass is 510 g/mol. The Bertz CT molecular complexity index is 1160. The predicted octanol–water partition coefficient (Wildman–Crippen LogP) is 5.51. The van der Waals surface area contributed by atoms with E-state index in [2.05, 4.69) is 34.7 Å². The number of aliphatic hydroxyl groups excluding tert-OH is 1. The minimum atomic E-state index is -0.678. The lowest BCUT2D eigenvalue weighted by atomic mass is 9.95. The van der Waals surface area contributed by atoms with Gasteiger partial charge in [0.25, 0.3) is 5.91 Å². The van der Waals surface area contributed by atoms with E-state index in [1.807, 2.05) is 42.5 Å². The standard InChI is InChI=1S/C26H27BrN2O4/c1-3-28(4-2)14-7-15-29-23(17-10-12-19(27)13-11-17)22(25(31)26(29)32)24(30)21-16-18-8-5-6-9-20(18)33-21/h5-6,8-13,16,23,31H,3-4,7,14-15H2,1-2H3/t23-/m0/s1. The Morgan fingerprint density at radius 1 is 1.12 bits per heavy atom. The lowest BCUT2D eigenvalue weighted by molar-refractivity contribution is -0.129. The number of rotatable bonds is 9. The molecule has 0 radical (unpaired) electrons. The number of carbonyl (C=O) groups excluding carboxylic acids is 2. The molecule has 3 aromatic rings. The van der Waals surface area contributed by atoms with Crippen LogP contribution in [0.5, 0.6) is 0 Å². The molecule has 2 heterocycles. The SMILES string of the molecule is CCN(CC)CCCN1C(=O)C(O)=C(C(=O)c2cc3ccccc3o2)[C@@H]1c1ccc(Br)cc1. The molecule has 1 amide bonds. The number of amides is 1. The summed E-state index contributed by atoms with van der Waals surface area (Å²) < 4.78 is 6.66. The van der Waals surface area contributed by atoms with Gasteiger partial charge in [-0.3, -0.25) is 9.59 Å². The summed E-state index contributed by atoms with van der Waals surface area (Å²) in [4.78, 5) is 30.5. The van der Waals surface area contributed by atoms with E-state index < -0.39 is 23.5 Å². The molecule has 1 aliphatic heterocycles. The van der Waals surface area contributed by atoms with Crippen molar-refractivity contribution < 1.29 is 19.1 Å². The number of carbonyl (C=O) groups is 2. The van der Waals surface area contributed by atoms with Crippen LogP contribution in [0, 0.1) is 0 Å². The maximum absolute atomic E-state index is 13.5. The molecule has 0 fully saturated rings. The summed E-state index contributed by atoms with van der Waals surface area (Å²) in [6.45, 7) is 7.33. The van der Waals surface area contributed by atoms with Crippen molar-refractivity contribution in [3.05, 3.63) is 81.7 Å². The van der Waals surface area contributed by atoms with Gasteiger partial charge < -0.3 is 19.3 Å². The highest BCUT2D eigenvalue weighted by molar-refractivity contribution is 9.10. The van der Waals surface area contributed by atoms with Crippen molar-refractivity contribution in [3.8, 4) is 0 Å². The van der Waals surface area contributed by atoms with Crippen LogP contribution in [0.3, 0.4) is 0 Å². The molecule has 7 heteroatoms. The third-order valence-electron chi connectivity index (χ3n) is 6.15. The van der Waals surface area contributed by atoms with Crippen LogP contribution in [-0.4, -0.2) is 52.8 Å². The number of fused-ring (bicyclic) bond motifs is 1. The average molecular weight is 511 g/mol. The second kappa shape index (κ2) is 9.93. The van der Waals surface area contributed by atoms with Crippen LogP contribution >= 0.6 is 15.9 Å². The smallest absolute Gasteiger partial charge is 0.290 e. The number of benzene rings is 2. The fraction of sp³-hybridized carbons (Fsp3) is 0.308. The highest BCUT2D eigenvalue weighted by Crippen LogP contribution is 2.40. The average Bonchev–Trinajstić information content (AvgIpc) is 3.37. The molecule has 4 rings (SSSR count). The normalized spacial score (nSPS) is 16.4. The third kappa shape index (κ3) is 4.61. The van der Waals surface area contributed by atoms with Gasteiger partial charge in [-0.15, -0.1) is 0 Å². The molecular formula is C26H27BrN2O4. The molecule has 0 saturated carbocycles. The number of halogens is 1. The van der Waals surface area contributed by atoms with Gasteiger partial charge >= 0.3 is 0 Å². The molecule has 0 bridgehead atoms. The molecule has 0 saturated heterocycles. The first kappa shape index (κ1) is 23.3.